The molecule has 6 nitrogen and oxygen atoms in total. The average molecular weight is 371 g/mol. The van der Waals surface area contributed by atoms with Crippen LogP contribution in [0.4, 0.5) is 14.6 Å². The smallest absolute Gasteiger partial charge is 0.226 e. The lowest BCUT2D eigenvalue weighted by Crippen LogP contribution is -2.24. The van der Waals surface area contributed by atoms with E-state index in [0.29, 0.717) is 22.7 Å². The van der Waals surface area contributed by atoms with E-state index in [4.69, 9.17) is 4.74 Å². The van der Waals surface area contributed by atoms with Crippen molar-refractivity contribution in [1.82, 2.24) is 9.78 Å². The van der Waals surface area contributed by atoms with E-state index >= 15 is 0 Å². The number of halogens is 2. The second-order valence-corrected chi connectivity index (χ2v) is 6.19. The maximum Gasteiger partial charge on any atom is 0.226 e. The molecule has 27 heavy (non-hydrogen) atoms. The standard InChI is InChI=1S/C19H15F2N3O3/c1-27-17-5-2-10(6-16(17)25)12-8-18(26)23-19-13(12)9-22-24(19)15-4-3-11(20)7-14(15)21/h2-7,9,12,25H,8H2,1H3,(H,23,26). The number of amides is 1. The van der Waals surface area contributed by atoms with Gasteiger partial charge in [0, 0.05) is 24.0 Å². The number of ether oxygens (including phenoxy) is 1. The van der Waals surface area contributed by atoms with E-state index in [1.54, 1.807) is 12.1 Å². The van der Waals surface area contributed by atoms with Gasteiger partial charge >= 0.3 is 0 Å². The van der Waals surface area contributed by atoms with Crippen LogP contribution in [0.1, 0.15) is 23.5 Å². The van der Waals surface area contributed by atoms with Gasteiger partial charge in [-0.2, -0.15) is 5.10 Å². The lowest BCUT2D eigenvalue weighted by atomic mass is 9.87. The molecule has 1 aromatic heterocycles. The van der Waals surface area contributed by atoms with Gasteiger partial charge in [0.1, 0.15) is 17.3 Å². The van der Waals surface area contributed by atoms with Crippen molar-refractivity contribution in [3.8, 4) is 17.2 Å². The minimum absolute atomic E-state index is 0.0242. The van der Waals surface area contributed by atoms with Crippen LogP contribution in [0.25, 0.3) is 5.69 Å². The van der Waals surface area contributed by atoms with Crippen LogP contribution < -0.4 is 10.1 Å². The third-order valence-electron chi connectivity index (χ3n) is 4.56. The Morgan fingerprint density at radius 1 is 1.26 bits per heavy atom. The van der Waals surface area contributed by atoms with Gasteiger partial charge in [-0.25, -0.2) is 13.5 Å². The van der Waals surface area contributed by atoms with Crippen LogP contribution in [0.5, 0.6) is 11.5 Å². The number of phenolic OH excluding ortho intramolecular Hbond substituents is 1. The van der Waals surface area contributed by atoms with E-state index in [1.807, 2.05) is 0 Å². The maximum atomic E-state index is 14.2. The number of nitrogens with one attached hydrogen (secondary N) is 1. The summed E-state index contributed by atoms with van der Waals surface area (Å²) >= 11 is 0. The number of carbonyl (C=O) groups excluding carboxylic acids is 1. The van der Waals surface area contributed by atoms with Crippen LogP contribution >= 0.6 is 0 Å². The minimum atomic E-state index is -0.792. The number of methoxy groups -OCH3 is 1. The Bertz CT molecular complexity index is 1050. The van der Waals surface area contributed by atoms with Crippen LogP contribution in [-0.2, 0) is 4.79 Å². The molecular weight excluding hydrogens is 356 g/mol. The van der Waals surface area contributed by atoms with Crippen molar-refractivity contribution in [1.29, 1.82) is 0 Å². The summed E-state index contributed by atoms with van der Waals surface area (Å²) in [6.45, 7) is 0. The molecular formula is C19H15F2N3O3. The third kappa shape index (κ3) is 2.88. The number of phenols is 1. The maximum absolute atomic E-state index is 14.2. The molecule has 0 saturated carbocycles. The van der Waals surface area contributed by atoms with Crippen molar-refractivity contribution < 1.29 is 23.4 Å². The first-order valence-electron chi connectivity index (χ1n) is 8.18. The Balaban J connectivity index is 1.81. The molecule has 8 heteroatoms. The zero-order valence-electron chi connectivity index (χ0n) is 14.2. The molecule has 0 bridgehead atoms. The van der Waals surface area contributed by atoms with Gasteiger partial charge in [0.05, 0.1) is 13.3 Å². The van der Waals surface area contributed by atoms with E-state index in [1.165, 1.54) is 30.1 Å². The highest BCUT2D eigenvalue weighted by Gasteiger charge is 2.31. The molecule has 2 heterocycles. The van der Waals surface area contributed by atoms with Gasteiger partial charge in [-0.3, -0.25) is 4.79 Å². The average Bonchev–Trinajstić information content (AvgIpc) is 3.04. The molecule has 0 radical (unpaired) electrons. The van der Waals surface area contributed by atoms with Crippen molar-refractivity contribution in [2.24, 2.45) is 0 Å². The van der Waals surface area contributed by atoms with Crippen LogP contribution in [0.3, 0.4) is 0 Å². The fourth-order valence-electron chi connectivity index (χ4n) is 3.28. The summed E-state index contributed by atoms with van der Waals surface area (Å²) in [5.74, 6) is -1.54. The normalized spacial score (nSPS) is 16.0. The molecule has 138 valence electrons. The van der Waals surface area contributed by atoms with Gasteiger partial charge in [-0.15, -0.1) is 0 Å². The number of fused-ring (bicyclic) bond motifs is 1. The number of rotatable bonds is 3. The second-order valence-electron chi connectivity index (χ2n) is 6.19. The largest absolute Gasteiger partial charge is 0.504 e. The minimum Gasteiger partial charge on any atom is -0.504 e. The predicted octanol–water partition coefficient (Wildman–Crippen LogP) is 3.34. The molecule has 1 amide bonds. The van der Waals surface area contributed by atoms with Gasteiger partial charge in [0.25, 0.3) is 0 Å². The SMILES string of the molecule is COc1ccc(C2CC(=O)Nc3c2cnn3-c2ccc(F)cc2F)cc1O. The van der Waals surface area contributed by atoms with E-state index < -0.39 is 11.6 Å². The Labute approximate surface area is 153 Å². The van der Waals surface area contributed by atoms with Crippen molar-refractivity contribution in [3.05, 3.63) is 65.4 Å². The first-order chi connectivity index (χ1) is 13.0. The van der Waals surface area contributed by atoms with Crippen molar-refractivity contribution in [2.75, 3.05) is 12.4 Å². The number of hydrogen-bond acceptors (Lipinski definition) is 4. The molecule has 1 aliphatic heterocycles. The van der Waals surface area contributed by atoms with Crippen molar-refractivity contribution in [2.45, 2.75) is 12.3 Å². The van der Waals surface area contributed by atoms with Crippen LogP contribution in [-0.4, -0.2) is 27.9 Å². The highest BCUT2D eigenvalue weighted by Crippen LogP contribution is 2.40. The summed E-state index contributed by atoms with van der Waals surface area (Å²) in [5.41, 5.74) is 1.39. The van der Waals surface area contributed by atoms with Crippen molar-refractivity contribution >= 4 is 11.7 Å². The Hall–Kier alpha value is -3.42. The lowest BCUT2D eigenvalue weighted by molar-refractivity contribution is -0.116. The molecule has 1 unspecified atom stereocenters. The number of hydrogen-bond donors (Lipinski definition) is 2. The molecule has 0 fully saturated rings. The number of anilines is 1. The second kappa shape index (κ2) is 6.39. The van der Waals surface area contributed by atoms with Crippen LogP contribution in [0.15, 0.2) is 42.6 Å². The third-order valence-corrected chi connectivity index (χ3v) is 4.56. The molecule has 4 rings (SSSR count). The molecule has 2 aromatic carbocycles. The summed E-state index contributed by atoms with van der Waals surface area (Å²) in [6, 6.07) is 8.03. The fraction of sp³-hybridized carbons (Fsp3) is 0.158. The quantitative estimate of drug-likeness (QED) is 0.740. The van der Waals surface area contributed by atoms with Gasteiger partial charge in [-0.05, 0) is 29.8 Å². The Kier molecular flexibility index (Phi) is 4.02. The van der Waals surface area contributed by atoms with Gasteiger partial charge in [-0.1, -0.05) is 6.07 Å². The molecule has 1 atom stereocenters. The summed E-state index contributed by atoms with van der Waals surface area (Å²) in [6.07, 6.45) is 1.68. The summed E-state index contributed by atoms with van der Waals surface area (Å²) in [4.78, 5) is 12.2. The molecule has 1 aliphatic rings. The molecule has 0 saturated heterocycles. The Morgan fingerprint density at radius 3 is 2.78 bits per heavy atom. The predicted molar refractivity (Wildman–Crippen MR) is 93.2 cm³/mol. The molecule has 0 spiro atoms. The molecule has 3 aromatic rings. The number of nitrogens with zero attached hydrogens (tertiary/aromatic N) is 2. The molecule has 2 N–H and O–H groups in total. The van der Waals surface area contributed by atoms with E-state index in [9.17, 15) is 18.7 Å². The zero-order chi connectivity index (χ0) is 19.1. The topological polar surface area (TPSA) is 76.4 Å². The van der Waals surface area contributed by atoms with Crippen molar-refractivity contribution in [3.63, 3.8) is 0 Å². The number of aromatic hydroxyl groups is 1. The highest BCUT2D eigenvalue weighted by molar-refractivity contribution is 5.94. The Morgan fingerprint density at radius 2 is 2.07 bits per heavy atom. The lowest BCUT2D eigenvalue weighted by Gasteiger charge is -2.24. The molecule has 0 aliphatic carbocycles. The monoisotopic (exact) mass is 371 g/mol. The first-order valence-corrected chi connectivity index (χ1v) is 8.18. The fourth-order valence-corrected chi connectivity index (χ4v) is 3.28. The first kappa shape index (κ1) is 17.0. The number of carbonyl (C=O) groups is 1. The highest BCUT2D eigenvalue weighted by atomic mass is 19.1. The van der Waals surface area contributed by atoms with Crippen LogP contribution in [0, 0.1) is 11.6 Å². The number of aromatic nitrogens is 2. The zero-order valence-corrected chi connectivity index (χ0v) is 14.2. The van der Waals surface area contributed by atoms with Gasteiger partial charge < -0.3 is 15.2 Å². The summed E-state index contributed by atoms with van der Waals surface area (Å²) < 4.78 is 33.7. The van der Waals surface area contributed by atoms with Gasteiger partial charge in [0.2, 0.25) is 5.91 Å². The van der Waals surface area contributed by atoms with Crippen LogP contribution in [0.2, 0.25) is 0 Å². The summed E-state index contributed by atoms with van der Waals surface area (Å²) in [7, 11) is 1.45. The van der Waals surface area contributed by atoms with E-state index in [0.717, 1.165) is 12.1 Å². The van der Waals surface area contributed by atoms with E-state index in [2.05, 4.69) is 10.4 Å². The summed E-state index contributed by atoms with van der Waals surface area (Å²) in [5, 5.41) is 16.9. The number of benzene rings is 2. The van der Waals surface area contributed by atoms with Gasteiger partial charge in [0.15, 0.2) is 17.3 Å². The van der Waals surface area contributed by atoms with E-state index in [-0.39, 0.29) is 29.7 Å².